The SMILES string of the molecule is CCc1ccc(C2(C(C)=O)CCC(=O)CC2)cc1. The van der Waals surface area contributed by atoms with Gasteiger partial charge in [-0.25, -0.2) is 0 Å². The molecule has 1 aliphatic carbocycles. The van der Waals surface area contributed by atoms with Crippen LogP contribution in [0.3, 0.4) is 0 Å². The Morgan fingerprint density at radius 1 is 1.17 bits per heavy atom. The lowest BCUT2D eigenvalue weighted by Crippen LogP contribution is -2.38. The maximum absolute atomic E-state index is 12.1. The summed E-state index contributed by atoms with van der Waals surface area (Å²) in [5, 5.41) is 0. The number of ketones is 2. The summed E-state index contributed by atoms with van der Waals surface area (Å²) in [5.41, 5.74) is 1.95. The van der Waals surface area contributed by atoms with E-state index >= 15 is 0 Å². The number of rotatable bonds is 3. The van der Waals surface area contributed by atoms with Crippen molar-refractivity contribution in [2.75, 3.05) is 0 Å². The molecule has 1 saturated carbocycles. The van der Waals surface area contributed by atoms with E-state index in [1.165, 1.54) is 5.56 Å². The van der Waals surface area contributed by atoms with E-state index in [2.05, 4.69) is 31.2 Å². The third-order valence-corrected chi connectivity index (χ3v) is 4.25. The van der Waals surface area contributed by atoms with Crippen molar-refractivity contribution in [2.45, 2.75) is 51.4 Å². The van der Waals surface area contributed by atoms with E-state index in [9.17, 15) is 9.59 Å². The quantitative estimate of drug-likeness (QED) is 0.818. The molecule has 0 unspecified atom stereocenters. The fraction of sp³-hybridized carbons (Fsp3) is 0.500. The van der Waals surface area contributed by atoms with Crippen LogP contribution in [0.15, 0.2) is 24.3 Å². The number of carbonyl (C=O) groups is 2. The molecule has 18 heavy (non-hydrogen) atoms. The van der Waals surface area contributed by atoms with Gasteiger partial charge in [0.15, 0.2) is 0 Å². The fourth-order valence-corrected chi connectivity index (χ4v) is 2.86. The van der Waals surface area contributed by atoms with Crippen LogP contribution < -0.4 is 0 Å². The van der Waals surface area contributed by atoms with Gasteiger partial charge in [0, 0.05) is 12.8 Å². The van der Waals surface area contributed by atoms with Crippen molar-refractivity contribution in [2.24, 2.45) is 0 Å². The summed E-state index contributed by atoms with van der Waals surface area (Å²) in [6, 6.07) is 8.32. The van der Waals surface area contributed by atoms with Gasteiger partial charge in [0.25, 0.3) is 0 Å². The Hall–Kier alpha value is -1.44. The van der Waals surface area contributed by atoms with Gasteiger partial charge in [-0.1, -0.05) is 31.2 Å². The Balaban J connectivity index is 2.34. The second-order valence-electron chi connectivity index (χ2n) is 5.23. The summed E-state index contributed by atoms with van der Waals surface area (Å²) in [6.07, 6.45) is 3.43. The highest BCUT2D eigenvalue weighted by molar-refractivity contribution is 5.91. The van der Waals surface area contributed by atoms with Crippen LogP contribution in [0.25, 0.3) is 0 Å². The molecule has 2 rings (SSSR count). The molecule has 1 aromatic carbocycles. The second-order valence-corrected chi connectivity index (χ2v) is 5.23. The summed E-state index contributed by atoms with van der Waals surface area (Å²) in [6.45, 7) is 3.78. The van der Waals surface area contributed by atoms with Crippen LogP contribution in [-0.4, -0.2) is 11.6 Å². The molecule has 0 spiro atoms. The van der Waals surface area contributed by atoms with Gasteiger partial charge >= 0.3 is 0 Å². The molecular weight excluding hydrogens is 224 g/mol. The first-order valence-corrected chi connectivity index (χ1v) is 6.70. The Labute approximate surface area is 108 Å². The minimum Gasteiger partial charge on any atom is -0.300 e. The van der Waals surface area contributed by atoms with Crippen molar-refractivity contribution in [3.05, 3.63) is 35.4 Å². The van der Waals surface area contributed by atoms with Crippen LogP contribution in [0.2, 0.25) is 0 Å². The molecular formula is C16H20O2. The third kappa shape index (κ3) is 2.24. The molecule has 96 valence electrons. The summed E-state index contributed by atoms with van der Waals surface area (Å²) in [5.74, 6) is 0.483. The lowest BCUT2D eigenvalue weighted by molar-refractivity contribution is -0.127. The molecule has 1 aromatic rings. The summed E-state index contributed by atoms with van der Waals surface area (Å²) < 4.78 is 0. The number of carbonyl (C=O) groups excluding carboxylic acids is 2. The molecule has 0 radical (unpaired) electrons. The molecule has 1 aliphatic rings. The van der Waals surface area contributed by atoms with Gasteiger partial charge in [-0.2, -0.15) is 0 Å². The maximum Gasteiger partial charge on any atom is 0.140 e. The first kappa shape index (κ1) is 13.0. The molecule has 0 bridgehead atoms. The minimum absolute atomic E-state index is 0.194. The van der Waals surface area contributed by atoms with Gasteiger partial charge in [0.2, 0.25) is 0 Å². The molecule has 0 heterocycles. The van der Waals surface area contributed by atoms with Gasteiger partial charge in [-0.3, -0.25) is 9.59 Å². The molecule has 0 amide bonds. The van der Waals surface area contributed by atoms with Crippen LogP contribution in [-0.2, 0) is 21.4 Å². The molecule has 0 saturated heterocycles. The highest BCUT2D eigenvalue weighted by Crippen LogP contribution is 2.39. The fourth-order valence-electron chi connectivity index (χ4n) is 2.86. The van der Waals surface area contributed by atoms with Gasteiger partial charge in [0.1, 0.15) is 11.6 Å². The van der Waals surface area contributed by atoms with Crippen molar-refractivity contribution in [3.63, 3.8) is 0 Å². The van der Waals surface area contributed by atoms with Crippen molar-refractivity contribution >= 4 is 11.6 Å². The summed E-state index contributed by atoms with van der Waals surface area (Å²) in [7, 11) is 0. The van der Waals surface area contributed by atoms with Crippen molar-refractivity contribution in [1.82, 2.24) is 0 Å². The van der Waals surface area contributed by atoms with Crippen molar-refractivity contribution in [3.8, 4) is 0 Å². The zero-order valence-corrected chi connectivity index (χ0v) is 11.2. The third-order valence-electron chi connectivity index (χ3n) is 4.25. The summed E-state index contributed by atoms with van der Waals surface area (Å²) >= 11 is 0. The first-order chi connectivity index (χ1) is 8.58. The standard InChI is InChI=1S/C16H20O2/c1-3-13-4-6-14(7-5-13)16(12(2)17)10-8-15(18)9-11-16/h4-7H,3,8-11H2,1-2H3. The molecule has 0 N–H and O–H groups in total. The van der Waals surface area contributed by atoms with Crippen LogP contribution in [0, 0.1) is 0 Å². The Morgan fingerprint density at radius 2 is 1.72 bits per heavy atom. The average Bonchev–Trinajstić information content (AvgIpc) is 2.40. The molecule has 1 fully saturated rings. The lowest BCUT2D eigenvalue weighted by Gasteiger charge is -2.35. The maximum atomic E-state index is 12.1. The number of Topliss-reactive ketones (excluding diaryl/α,β-unsaturated/α-hetero) is 2. The largest absolute Gasteiger partial charge is 0.300 e. The Bertz CT molecular complexity index is 446. The predicted molar refractivity (Wildman–Crippen MR) is 71.7 cm³/mol. The van der Waals surface area contributed by atoms with Crippen LogP contribution in [0.1, 0.15) is 50.7 Å². The highest BCUT2D eigenvalue weighted by atomic mass is 16.1. The number of aryl methyl sites for hydroxylation is 1. The smallest absolute Gasteiger partial charge is 0.140 e. The van der Waals surface area contributed by atoms with E-state index in [-0.39, 0.29) is 11.6 Å². The van der Waals surface area contributed by atoms with E-state index < -0.39 is 5.41 Å². The number of benzene rings is 1. The second kappa shape index (κ2) is 5.05. The topological polar surface area (TPSA) is 34.1 Å². The van der Waals surface area contributed by atoms with Crippen molar-refractivity contribution in [1.29, 1.82) is 0 Å². The molecule has 2 nitrogen and oxygen atoms in total. The highest BCUT2D eigenvalue weighted by Gasteiger charge is 2.40. The first-order valence-electron chi connectivity index (χ1n) is 6.70. The van der Waals surface area contributed by atoms with Gasteiger partial charge < -0.3 is 0 Å². The van der Waals surface area contributed by atoms with Gasteiger partial charge in [-0.15, -0.1) is 0 Å². The lowest BCUT2D eigenvalue weighted by atomic mass is 9.67. The minimum atomic E-state index is -0.416. The van der Waals surface area contributed by atoms with Crippen LogP contribution in [0.4, 0.5) is 0 Å². The van der Waals surface area contributed by atoms with E-state index in [1.54, 1.807) is 6.92 Å². The van der Waals surface area contributed by atoms with Gasteiger partial charge in [-0.05, 0) is 37.3 Å². The van der Waals surface area contributed by atoms with E-state index in [0.717, 1.165) is 12.0 Å². The van der Waals surface area contributed by atoms with E-state index in [1.807, 2.05) is 0 Å². The molecule has 0 atom stereocenters. The normalized spacial score (nSPS) is 18.7. The predicted octanol–water partition coefficient (Wildman–Crippen LogP) is 3.22. The van der Waals surface area contributed by atoms with E-state index in [4.69, 9.17) is 0 Å². The zero-order chi connectivity index (χ0) is 13.2. The molecule has 0 aliphatic heterocycles. The van der Waals surface area contributed by atoms with Crippen molar-refractivity contribution < 1.29 is 9.59 Å². The average molecular weight is 244 g/mol. The molecule has 2 heteroatoms. The number of hydrogen-bond donors (Lipinski definition) is 0. The Morgan fingerprint density at radius 3 is 2.17 bits per heavy atom. The van der Waals surface area contributed by atoms with Crippen LogP contribution >= 0.6 is 0 Å². The van der Waals surface area contributed by atoms with Gasteiger partial charge in [0.05, 0.1) is 5.41 Å². The van der Waals surface area contributed by atoms with Crippen LogP contribution in [0.5, 0.6) is 0 Å². The number of hydrogen-bond acceptors (Lipinski definition) is 2. The summed E-state index contributed by atoms with van der Waals surface area (Å²) in [4.78, 5) is 23.5. The molecule has 0 aromatic heterocycles. The Kier molecular flexibility index (Phi) is 3.65. The van der Waals surface area contributed by atoms with E-state index in [0.29, 0.717) is 25.7 Å². The monoisotopic (exact) mass is 244 g/mol. The zero-order valence-electron chi connectivity index (χ0n) is 11.2.